The molecule has 1 N–H and O–H groups in total. The van der Waals surface area contributed by atoms with Crippen LogP contribution in [0.2, 0.25) is 0 Å². The summed E-state index contributed by atoms with van der Waals surface area (Å²) < 4.78 is 32.1. The van der Waals surface area contributed by atoms with E-state index in [0.29, 0.717) is 11.3 Å². The molecule has 2 aromatic carbocycles. The molecule has 5 nitrogen and oxygen atoms in total. The summed E-state index contributed by atoms with van der Waals surface area (Å²) in [6.07, 6.45) is 1.56. The van der Waals surface area contributed by atoms with Gasteiger partial charge in [-0.2, -0.15) is 0 Å². The Morgan fingerprint density at radius 1 is 1.09 bits per heavy atom. The van der Waals surface area contributed by atoms with Crippen molar-refractivity contribution >= 4 is 26.6 Å². The smallest absolute Gasteiger partial charge is 0.268 e. The number of rotatable bonds is 4. The summed E-state index contributed by atoms with van der Waals surface area (Å²) in [6, 6.07) is 13.8. The number of anilines is 1. The number of hydrogen-bond acceptors (Lipinski definition) is 4. The molecule has 3 rings (SSSR count). The zero-order valence-electron chi connectivity index (χ0n) is 12.3. The highest BCUT2D eigenvalue weighted by atomic mass is 32.2. The largest absolute Gasteiger partial charge is 0.497 e. The molecule has 0 fully saturated rings. The van der Waals surface area contributed by atoms with Gasteiger partial charge < -0.3 is 10.1 Å². The Balaban J connectivity index is 2.16. The Hall–Kier alpha value is -2.47. The van der Waals surface area contributed by atoms with Crippen LogP contribution in [0.25, 0.3) is 10.9 Å². The molecule has 3 aromatic rings. The van der Waals surface area contributed by atoms with Crippen molar-refractivity contribution < 1.29 is 13.2 Å². The molecule has 0 aliphatic carbocycles. The van der Waals surface area contributed by atoms with Gasteiger partial charge in [-0.15, -0.1) is 0 Å². The zero-order chi connectivity index (χ0) is 15.7. The molecule has 1 heterocycles. The molecule has 6 heteroatoms. The number of benzene rings is 2. The van der Waals surface area contributed by atoms with Crippen LogP contribution in [0, 0.1) is 0 Å². The second-order valence-electron chi connectivity index (χ2n) is 4.82. The number of ether oxygens (including phenoxy) is 1. The van der Waals surface area contributed by atoms with Gasteiger partial charge in [-0.1, -0.05) is 6.07 Å². The lowest BCUT2D eigenvalue weighted by Gasteiger charge is -2.09. The van der Waals surface area contributed by atoms with Crippen LogP contribution in [-0.4, -0.2) is 26.5 Å². The first-order valence-electron chi connectivity index (χ1n) is 6.75. The predicted molar refractivity (Wildman–Crippen MR) is 87.1 cm³/mol. The van der Waals surface area contributed by atoms with Crippen LogP contribution in [0.15, 0.2) is 59.6 Å². The summed E-state index contributed by atoms with van der Waals surface area (Å²) >= 11 is 0. The van der Waals surface area contributed by atoms with Crippen LogP contribution in [0.5, 0.6) is 5.75 Å². The first-order valence-corrected chi connectivity index (χ1v) is 8.19. The summed E-state index contributed by atoms with van der Waals surface area (Å²) in [5.41, 5.74) is 1.37. The predicted octanol–water partition coefficient (Wildman–Crippen LogP) is 2.93. The molecule has 0 spiro atoms. The fourth-order valence-electron chi connectivity index (χ4n) is 2.36. The highest BCUT2D eigenvalue weighted by Gasteiger charge is 2.19. The van der Waals surface area contributed by atoms with Crippen molar-refractivity contribution in [2.45, 2.75) is 4.90 Å². The van der Waals surface area contributed by atoms with Gasteiger partial charge in [0.2, 0.25) is 0 Å². The average Bonchev–Trinajstić information content (AvgIpc) is 2.98. The summed E-state index contributed by atoms with van der Waals surface area (Å²) in [5.74, 6) is 0.694. The fraction of sp³-hybridized carbons (Fsp3) is 0.125. The number of methoxy groups -OCH3 is 1. The molecular formula is C16H16N2O3S. The molecule has 0 aliphatic rings. The van der Waals surface area contributed by atoms with Gasteiger partial charge >= 0.3 is 0 Å². The Labute approximate surface area is 129 Å². The molecule has 0 amide bonds. The van der Waals surface area contributed by atoms with Gasteiger partial charge in [-0.3, -0.25) is 0 Å². The minimum absolute atomic E-state index is 0.243. The van der Waals surface area contributed by atoms with Gasteiger partial charge in [0.05, 0.1) is 17.5 Å². The van der Waals surface area contributed by atoms with Crippen molar-refractivity contribution in [3.63, 3.8) is 0 Å². The van der Waals surface area contributed by atoms with Crippen molar-refractivity contribution in [3.8, 4) is 5.75 Å². The summed E-state index contributed by atoms with van der Waals surface area (Å²) in [6.45, 7) is 0. The quantitative estimate of drug-likeness (QED) is 0.804. The van der Waals surface area contributed by atoms with E-state index in [1.54, 1.807) is 56.8 Å². The van der Waals surface area contributed by atoms with Crippen LogP contribution in [-0.2, 0) is 10.0 Å². The van der Waals surface area contributed by atoms with Crippen LogP contribution in [0.1, 0.15) is 0 Å². The lowest BCUT2D eigenvalue weighted by atomic mass is 10.2. The molecule has 0 unspecified atom stereocenters. The number of fused-ring (bicyclic) bond motifs is 1. The highest BCUT2D eigenvalue weighted by molar-refractivity contribution is 7.90. The second kappa shape index (κ2) is 5.38. The standard InChI is InChI=1S/C16H16N2O3S/c1-17-13-4-3-5-15(11-13)22(19,20)18-9-8-12-10-14(21-2)6-7-16(12)18/h3-11,17H,1-2H3. The molecule has 0 atom stereocenters. The van der Waals surface area contributed by atoms with E-state index in [-0.39, 0.29) is 4.90 Å². The third kappa shape index (κ3) is 2.31. The van der Waals surface area contributed by atoms with Crippen molar-refractivity contribution in [1.82, 2.24) is 3.97 Å². The minimum Gasteiger partial charge on any atom is -0.497 e. The first-order chi connectivity index (χ1) is 10.6. The van der Waals surface area contributed by atoms with E-state index >= 15 is 0 Å². The van der Waals surface area contributed by atoms with Crippen LogP contribution in [0.3, 0.4) is 0 Å². The van der Waals surface area contributed by atoms with E-state index in [2.05, 4.69) is 5.32 Å². The monoisotopic (exact) mass is 316 g/mol. The molecule has 0 aliphatic heterocycles. The number of nitrogens with one attached hydrogen (secondary N) is 1. The molecule has 114 valence electrons. The Kier molecular flexibility index (Phi) is 3.54. The number of nitrogens with zero attached hydrogens (tertiary/aromatic N) is 1. The average molecular weight is 316 g/mol. The number of aromatic nitrogens is 1. The summed E-state index contributed by atoms with van der Waals surface area (Å²) in [5, 5.41) is 3.76. The van der Waals surface area contributed by atoms with Crippen molar-refractivity contribution in [2.24, 2.45) is 0 Å². The van der Waals surface area contributed by atoms with Crippen molar-refractivity contribution in [2.75, 3.05) is 19.5 Å². The lowest BCUT2D eigenvalue weighted by molar-refractivity contribution is 0.415. The maximum Gasteiger partial charge on any atom is 0.268 e. The third-order valence-electron chi connectivity index (χ3n) is 3.54. The van der Waals surface area contributed by atoms with Crippen LogP contribution >= 0.6 is 0 Å². The molecule has 0 saturated carbocycles. The molecule has 1 aromatic heterocycles. The molecule has 0 bridgehead atoms. The van der Waals surface area contributed by atoms with E-state index in [1.807, 2.05) is 12.1 Å². The zero-order valence-corrected chi connectivity index (χ0v) is 13.1. The van der Waals surface area contributed by atoms with E-state index in [9.17, 15) is 8.42 Å². The van der Waals surface area contributed by atoms with Gasteiger partial charge in [-0.25, -0.2) is 12.4 Å². The van der Waals surface area contributed by atoms with E-state index in [1.165, 1.54) is 3.97 Å². The van der Waals surface area contributed by atoms with Crippen LogP contribution < -0.4 is 10.1 Å². The van der Waals surface area contributed by atoms with Gasteiger partial charge in [0.1, 0.15) is 5.75 Å². The molecular weight excluding hydrogens is 300 g/mol. The van der Waals surface area contributed by atoms with Gasteiger partial charge in [-0.05, 0) is 42.5 Å². The SMILES string of the molecule is CNc1cccc(S(=O)(=O)n2ccc3cc(OC)ccc32)c1. The molecule has 0 radical (unpaired) electrons. The topological polar surface area (TPSA) is 60.3 Å². The fourth-order valence-corrected chi connectivity index (χ4v) is 3.76. The minimum atomic E-state index is -3.64. The maximum absolute atomic E-state index is 12.8. The lowest BCUT2D eigenvalue weighted by Crippen LogP contribution is -2.12. The Morgan fingerprint density at radius 3 is 2.64 bits per heavy atom. The maximum atomic E-state index is 12.8. The third-order valence-corrected chi connectivity index (χ3v) is 5.23. The van der Waals surface area contributed by atoms with Gasteiger partial charge in [0.15, 0.2) is 0 Å². The normalized spacial score (nSPS) is 11.5. The highest BCUT2D eigenvalue weighted by Crippen LogP contribution is 2.26. The number of hydrogen-bond donors (Lipinski definition) is 1. The Morgan fingerprint density at radius 2 is 1.91 bits per heavy atom. The van der Waals surface area contributed by atoms with Crippen molar-refractivity contribution in [3.05, 3.63) is 54.7 Å². The van der Waals surface area contributed by atoms with E-state index in [0.717, 1.165) is 11.1 Å². The van der Waals surface area contributed by atoms with E-state index in [4.69, 9.17) is 4.74 Å². The van der Waals surface area contributed by atoms with Gasteiger partial charge in [0.25, 0.3) is 10.0 Å². The second-order valence-corrected chi connectivity index (χ2v) is 6.63. The van der Waals surface area contributed by atoms with E-state index < -0.39 is 10.0 Å². The van der Waals surface area contributed by atoms with Crippen LogP contribution in [0.4, 0.5) is 5.69 Å². The molecule has 22 heavy (non-hydrogen) atoms. The Bertz CT molecular complexity index is 929. The molecule has 0 saturated heterocycles. The summed E-state index contributed by atoms with van der Waals surface area (Å²) in [7, 11) is -0.304. The summed E-state index contributed by atoms with van der Waals surface area (Å²) in [4.78, 5) is 0.243. The van der Waals surface area contributed by atoms with Gasteiger partial charge in [0, 0.05) is 24.3 Å². The van der Waals surface area contributed by atoms with Crippen molar-refractivity contribution in [1.29, 1.82) is 0 Å². The first kappa shape index (κ1) is 14.5.